The van der Waals surface area contributed by atoms with Crippen molar-refractivity contribution in [2.45, 2.75) is 71.4 Å². The lowest BCUT2D eigenvalue weighted by atomic mass is 10.1. The molecule has 0 fully saturated rings. The van der Waals surface area contributed by atoms with Gasteiger partial charge in [-0.15, -0.1) is 4.98 Å². The summed E-state index contributed by atoms with van der Waals surface area (Å²) >= 11 is 0. The second-order valence-corrected chi connectivity index (χ2v) is 10.6. The number of aromatic nitrogens is 3. The third kappa shape index (κ3) is 7.64. The van der Waals surface area contributed by atoms with Crippen molar-refractivity contribution in [3.63, 3.8) is 0 Å². The normalized spacial score (nSPS) is 14.6. The molecule has 0 saturated heterocycles. The van der Waals surface area contributed by atoms with E-state index in [2.05, 4.69) is 39.6 Å². The highest BCUT2D eigenvalue weighted by molar-refractivity contribution is 5.90. The van der Waals surface area contributed by atoms with Crippen LogP contribution in [-0.2, 0) is 22.4 Å². The molecule has 0 unspecified atom stereocenters. The van der Waals surface area contributed by atoms with Crippen molar-refractivity contribution < 1.29 is 19.5 Å². The maximum atomic E-state index is 12.7. The first-order valence-electron chi connectivity index (χ1n) is 14.1. The van der Waals surface area contributed by atoms with Crippen LogP contribution in [0.2, 0.25) is 0 Å². The van der Waals surface area contributed by atoms with Gasteiger partial charge in [-0.05, 0) is 76.3 Å². The van der Waals surface area contributed by atoms with E-state index in [1.165, 1.54) is 12.0 Å². The summed E-state index contributed by atoms with van der Waals surface area (Å²) < 4.78 is 6.59. The molecule has 3 heterocycles. The summed E-state index contributed by atoms with van der Waals surface area (Å²) in [6, 6.07) is 11.6. The van der Waals surface area contributed by atoms with Gasteiger partial charge < -0.3 is 20.2 Å². The van der Waals surface area contributed by atoms with Crippen LogP contribution in [0.1, 0.15) is 56.6 Å². The second kappa shape index (κ2) is 13.7. The number of pyridine rings is 1. The molecular formula is C30H43N6O3+. The first kappa shape index (κ1) is 28.7. The van der Waals surface area contributed by atoms with Crippen molar-refractivity contribution in [2.75, 3.05) is 43.9 Å². The van der Waals surface area contributed by atoms with Gasteiger partial charge in [0.25, 0.3) is 11.6 Å². The minimum atomic E-state index is -0.443. The van der Waals surface area contributed by atoms with Crippen LogP contribution in [0.5, 0.6) is 0 Å². The molecule has 0 bridgehead atoms. The van der Waals surface area contributed by atoms with Gasteiger partial charge in [-0.25, -0.2) is 4.98 Å². The summed E-state index contributed by atoms with van der Waals surface area (Å²) in [6.07, 6.45) is 6.01. The molecule has 4 rings (SSSR count). The smallest absolute Gasteiger partial charge is 0.273 e. The van der Waals surface area contributed by atoms with Crippen LogP contribution >= 0.6 is 0 Å². The summed E-state index contributed by atoms with van der Waals surface area (Å²) in [5, 5.41) is 18.2. The van der Waals surface area contributed by atoms with E-state index in [0.717, 1.165) is 79.0 Å². The quantitative estimate of drug-likeness (QED) is 0.162. The standard InChI is InChI=1S/C30H42N6O3/c1-21(39-4)20-35(18-8-7-11-25-15-14-24-10-9-17-31-29(24)33-25)19-16-27(22(2)37)34-30-26-12-5-6-13-28(26)32-23(3)36(30)38/h5-6,12-15,21,27,38H,7-11,16-20H2,1-4H3,(H,31,33)/p+1/t21-,27+/m1/s1. The van der Waals surface area contributed by atoms with Gasteiger partial charge in [-0.2, -0.15) is 0 Å². The van der Waals surface area contributed by atoms with E-state index in [1.54, 1.807) is 21.0 Å². The molecule has 3 aromatic rings. The Morgan fingerprint density at radius 1 is 1.21 bits per heavy atom. The van der Waals surface area contributed by atoms with Gasteiger partial charge in [0.15, 0.2) is 11.3 Å². The molecule has 0 spiro atoms. The van der Waals surface area contributed by atoms with Crippen molar-refractivity contribution in [1.82, 2.24) is 14.9 Å². The Morgan fingerprint density at radius 3 is 2.82 bits per heavy atom. The molecule has 2 aromatic heterocycles. The van der Waals surface area contributed by atoms with Crippen LogP contribution < -0.4 is 15.4 Å². The Balaban J connectivity index is 1.36. The highest BCUT2D eigenvalue weighted by Crippen LogP contribution is 2.21. The summed E-state index contributed by atoms with van der Waals surface area (Å²) in [5.41, 5.74) is 3.22. The number of benzene rings is 1. The van der Waals surface area contributed by atoms with E-state index in [-0.39, 0.29) is 11.9 Å². The molecule has 9 nitrogen and oxygen atoms in total. The summed E-state index contributed by atoms with van der Waals surface area (Å²) in [5.74, 6) is 2.03. The van der Waals surface area contributed by atoms with Crippen LogP contribution in [-0.4, -0.2) is 71.3 Å². The topological polar surface area (TPSA) is 103 Å². The number of rotatable bonds is 14. The molecule has 9 heteroatoms. The number of carbonyl (C=O) groups is 1. The number of nitrogens with one attached hydrogen (secondary N) is 2. The van der Waals surface area contributed by atoms with Crippen molar-refractivity contribution in [3.8, 4) is 0 Å². The maximum absolute atomic E-state index is 12.7. The Morgan fingerprint density at radius 2 is 2.03 bits per heavy atom. The minimum Gasteiger partial charge on any atom is -0.380 e. The number of unbranched alkanes of at least 4 members (excludes halogenated alkanes) is 1. The highest BCUT2D eigenvalue weighted by atomic mass is 16.5. The molecule has 2 atom stereocenters. The number of hydrogen-bond acceptors (Lipinski definition) is 8. The Kier molecular flexibility index (Phi) is 10.1. The van der Waals surface area contributed by atoms with Gasteiger partial charge in [-0.1, -0.05) is 22.9 Å². The number of ether oxygens (including phenoxy) is 1. The number of nitrogens with zero attached hydrogens (tertiary/aromatic N) is 4. The largest absolute Gasteiger partial charge is 0.380 e. The Hall–Kier alpha value is -3.30. The number of methoxy groups -OCH3 is 1. The minimum absolute atomic E-state index is 0.0281. The van der Waals surface area contributed by atoms with Gasteiger partial charge in [0, 0.05) is 45.8 Å². The fourth-order valence-corrected chi connectivity index (χ4v) is 5.14. The van der Waals surface area contributed by atoms with Gasteiger partial charge in [0.05, 0.1) is 11.5 Å². The predicted molar refractivity (Wildman–Crippen MR) is 153 cm³/mol. The van der Waals surface area contributed by atoms with Crippen molar-refractivity contribution in [1.29, 1.82) is 0 Å². The fraction of sp³-hybridized carbons (Fsp3) is 0.533. The maximum Gasteiger partial charge on any atom is 0.273 e. The molecule has 1 aromatic carbocycles. The van der Waals surface area contributed by atoms with Crippen LogP contribution in [0.15, 0.2) is 36.4 Å². The van der Waals surface area contributed by atoms with Crippen LogP contribution in [0.4, 0.5) is 11.6 Å². The molecular weight excluding hydrogens is 492 g/mol. The molecule has 3 N–H and O–H groups in total. The molecule has 1 aliphatic rings. The van der Waals surface area contributed by atoms with E-state index in [0.29, 0.717) is 18.1 Å². The van der Waals surface area contributed by atoms with E-state index in [9.17, 15) is 10.0 Å². The molecule has 0 saturated carbocycles. The van der Waals surface area contributed by atoms with Crippen molar-refractivity contribution in [3.05, 3.63) is 53.5 Å². The SMILES string of the molecule is CO[C@H](C)CN(CCCCc1ccc2c(n1)NCCC2)CC[C@H](Nc1c2ccccc2nc(C)[n+]1O)C(C)=O. The Bertz CT molecular complexity index is 1270. The van der Waals surface area contributed by atoms with Crippen molar-refractivity contribution >= 4 is 28.3 Å². The number of ketones is 1. The number of hydrogen-bond donors (Lipinski definition) is 3. The number of para-hydroxylation sites is 1. The Labute approximate surface area is 231 Å². The average molecular weight is 536 g/mol. The second-order valence-electron chi connectivity index (χ2n) is 10.6. The zero-order chi connectivity index (χ0) is 27.8. The molecule has 39 heavy (non-hydrogen) atoms. The number of anilines is 2. The van der Waals surface area contributed by atoms with Crippen LogP contribution in [0.3, 0.4) is 0 Å². The number of aryl methyl sites for hydroxylation is 3. The lowest BCUT2D eigenvalue weighted by Gasteiger charge is -2.26. The summed E-state index contributed by atoms with van der Waals surface area (Å²) in [7, 11) is 1.73. The van der Waals surface area contributed by atoms with E-state index in [1.807, 2.05) is 24.3 Å². The number of fused-ring (bicyclic) bond motifs is 2. The van der Waals surface area contributed by atoms with E-state index in [4.69, 9.17) is 9.72 Å². The van der Waals surface area contributed by atoms with Gasteiger partial charge in [-0.3, -0.25) is 10.1 Å². The fourth-order valence-electron chi connectivity index (χ4n) is 5.14. The zero-order valence-electron chi connectivity index (χ0n) is 23.7. The summed E-state index contributed by atoms with van der Waals surface area (Å²) in [4.78, 5) is 24.3. The first-order chi connectivity index (χ1) is 18.9. The molecule has 210 valence electrons. The molecule has 0 radical (unpaired) electrons. The number of Topliss-reactive ketones (excluding diaryl/α,β-unsaturated/α-hetero) is 1. The van der Waals surface area contributed by atoms with Gasteiger partial charge in [0.2, 0.25) is 0 Å². The van der Waals surface area contributed by atoms with Crippen molar-refractivity contribution in [2.24, 2.45) is 0 Å². The highest BCUT2D eigenvalue weighted by Gasteiger charge is 2.25. The third-order valence-electron chi connectivity index (χ3n) is 7.52. The molecule has 1 aliphatic heterocycles. The lowest BCUT2D eigenvalue weighted by Crippen LogP contribution is -2.43. The molecule has 0 amide bonds. The van der Waals surface area contributed by atoms with Crippen LogP contribution in [0, 0.1) is 6.92 Å². The van der Waals surface area contributed by atoms with Gasteiger partial charge >= 0.3 is 0 Å². The van der Waals surface area contributed by atoms with E-state index >= 15 is 0 Å². The lowest BCUT2D eigenvalue weighted by molar-refractivity contribution is -0.898. The van der Waals surface area contributed by atoms with Gasteiger partial charge in [0.1, 0.15) is 11.9 Å². The first-order valence-corrected chi connectivity index (χ1v) is 14.1. The summed E-state index contributed by atoms with van der Waals surface area (Å²) in [6.45, 7) is 8.85. The zero-order valence-corrected chi connectivity index (χ0v) is 23.7. The monoisotopic (exact) mass is 535 g/mol. The molecule has 0 aliphatic carbocycles. The van der Waals surface area contributed by atoms with Crippen LogP contribution in [0.25, 0.3) is 10.9 Å². The predicted octanol–water partition coefficient (Wildman–Crippen LogP) is 3.94. The average Bonchev–Trinajstić information content (AvgIpc) is 2.94. The van der Waals surface area contributed by atoms with E-state index < -0.39 is 6.04 Å². The number of carbonyl (C=O) groups excluding carboxylic acids is 1. The third-order valence-corrected chi connectivity index (χ3v) is 7.52.